The van der Waals surface area contributed by atoms with E-state index in [-0.39, 0.29) is 84.5 Å². The highest BCUT2D eigenvalue weighted by Gasteiger charge is 2.55. The van der Waals surface area contributed by atoms with Gasteiger partial charge in [0.05, 0.1) is 44.1 Å². The molecule has 15 nitrogen and oxygen atoms in total. The van der Waals surface area contributed by atoms with E-state index < -0.39 is 36.6 Å². The molecule has 6 aliphatic rings. The van der Waals surface area contributed by atoms with Crippen molar-refractivity contribution in [3.63, 3.8) is 0 Å². The lowest BCUT2D eigenvalue weighted by atomic mass is 9.69. The number of allylic oxidation sites excluding steroid dienone is 4. The van der Waals surface area contributed by atoms with Crippen LogP contribution in [0.25, 0.3) is 17.0 Å². The number of benzene rings is 1. The van der Waals surface area contributed by atoms with Crippen LogP contribution >= 0.6 is 0 Å². The third-order valence-electron chi connectivity index (χ3n) is 15.3. The number of carbonyl (C=O) groups is 2. The summed E-state index contributed by atoms with van der Waals surface area (Å²) in [5.74, 6) is -0.523. The number of ketones is 1. The van der Waals surface area contributed by atoms with Crippen molar-refractivity contribution in [1.29, 1.82) is 0 Å². The molecular formula is C49H70N4O11. The molecule has 1 saturated carbocycles. The van der Waals surface area contributed by atoms with Crippen molar-refractivity contribution in [2.24, 2.45) is 35.5 Å². The fourth-order valence-corrected chi connectivity index (χ4v) is 11.7. The summed E-state index contributed by atoms with van der Waals surface area (Å²) in [5, 5.41) is 12.7. The van der Waals surface area contributed by atoms with Crippen molar-refractivity contribution in [1.82, 2.24) is 20.3 Å². The summed E-state index contributed by atoms with van der Waals surface area (Å²) in [4.78, 5) is 29.1. The predicted octanol–water partition coefficient (Wildman–Crippen LogP) is 6.40. The molecule has 1 N–H and O–H groups in total. The smallest absolute Gasteiger partial charge is 0.306 e. The molecule has 4 heterocycles. The Morgan fingerprint density at radius 2 is 1.59 bits per heavy atom. The first-order valence-corrected chi connectivity index (χ1v) is 23.6. The molecule has 0 amide bonds. The number of nitrogens with one attached hydrogen (secondary N) is 1. The van der Waals surface area contributed by atoms with Gasteiger partial charge in [0.15, 0.2) is 18.4 Å². The SMILES string of the molecule is CC[C@H]1CCC[C@H](O[C@H]2CC[C@H](NC)C(C)O2)[C@@H](C)C(=O)C2=C[C@@H]3[C@@H](C=C(n4cc(-c5ccc(OC)cc5)nn4)[C@@H]4C[C@@H](OC5OC(C)C(OC)C(OC)C5OC)C[C@@H]34)[C@@H]2CC(=O)O1. The van der Waals surface area contributed by atoms with Gasteiger partial charge in [0.1, 0.15) is 35.9 Å². The van der Waals surface area contributed by atoms with Crippen LogP contribution in [0, 0.1) is 35.5 Å². The van der Waals surface area contributed by atoms with Gasteiger partial charge in [0.2, 0.25) is 0 Å². The van der Waals surface area contributed by atoms with Gasteiger partial charge in [0.25, 0.3) is 0 Å². The Morgan fingerprint density at radius 3 is 2.28 bits per heavy atom. The number of methoxy groups -OCH3 is 4. The van der Waals surface area contributed by atoms with Gasteiger partial charge < -0.3 is 47.9 Å². The minimum atomic E-state index is -0.699. The van der Waals surface area contributed by atoms with Crippen molar-refractivity contribution in [3.05, 3.63) is 48.2 Å². The van der Waals surface area contributed by atoms with E-state index in [0.29, 0.717) is 37.7 Å². The molecule has 1 aromatic carbocycles. The average Bonchev–Trinajstić information content (AvgIpc) is 4.05. The summed E-state index contributed by atoms with van der Waals surface area (Å²) in [6, 6.07) is 8.01. The van der Waals surface area contributed by atoms with Crippen LogP contribution in [-0.2, 0) is 47.5 Å². The monoisotopic (exact) mass is 891 g/mol. The number of hydrogen-bond acceptors (Lipinski definition) is 14. The van der Waals surface area contributed by atoms with Gasteiger partial charge in [-0.3, -0.25) is 9.59 Å². The normalized spacial score (nSPS) is 39.4. The lowest BCUT2D eigenvalue weighted by Crippen LogP contribution is -2.59. The van der Waals surface area contributed by atoms with Crippen molar-refractivity contribution < 1.29 is 52.2 Å². The quantitative estimate of drug-likeness (QED) is 0.233. The first-order valence-electron chi connectivity index (χ1n) is 23.6. The van der Waals surface area contributed by atoms with Gasteiger partial charge in [-0.2, -0.15) is 0 Å². The van der Waals surface area contributed by atoms with Crippen molar-refractivity contribution in [2.75, 3.05) is 35.5 Å². The van der Waals surface area contributed by atoms with E-state index in [1.807, 2.05) is 56.0 Å². The molecule has 1 aromatic heterocycles. The van der Waals surface area contributed by atoms with E-state index in [4.69, 9.17) is 47.8 Å². The predicted molar refractivity (Wildman–Crippen MR) is 237 cm³/mol. The maximum Gasteiger partial charge on any atom is 0.306 e. The number of Topliss-reactive ketones (excluding diaryl/α,β-unsaturated/α-hetero) is 1. The number of likely N-dealkylation sites (N-methyl/N-ethyl adjacent to an activating group) is 1. The number of nitrogens with zero attached hydrogens (tertiary/aromatic N) is 3. The summed E-state index contributed by atoms with van der Waals surface area (Å²) in [6.45, 7) is 8.08. The van der Waals surface area contributed by atoms with E-state index in [1.54, 1.807) is 28.4 Å². The molecule has 15 heteroatoms. The number of hydrogen-bond donors (Lipinski definition) is 1. The lowest BCUT2D eigenvalue weighted by molar-refractivity contribution is -0.314. The summed E-state index contributed by atoms with van der Waals surface area (Å²) in [7, 11) is 8.54. The van der Waals surface area contributed by atoms with Crippen molar-refractivity contribution >= 4 is 17.4 Å². The number of esters is 1. The van der Waals surface area contributed by atoms with E-state index >= 15 is 4.79 Å². The van der Waals surface area contributed by atoms with E-state index in [2.05, 4.69) is 36.4 Å². The van der Waals surface area contributed by atoms with Crippen LogP contribution in [0.2, 0.25) is 0 Å². The minimum Gasteiger partial charge on any atom is -0.497 e. The Bertz CT molecular complexity index is 1970. The van der Waals surface area contributed by atoms with Gasteiger partial charge >= 0.3 is 5.97 Å². The third-order valence-corrected chi connectivity index (χ3v) is 15.3. The Labute approximate surface area is 378 Å². The topological polar surface area (TPSA) is 160 Å². The maximum absolute atomic E-state index is 15.1. The molecule has 3 saturated heterocycles. The maximum atomic E-state index is 15.1. The number of carbonyl (C=O) groups excluding carboxylic acids is 2. The Kier molecular flexibility index (Phi) is 15.1. The van der Waals surface area contributed by atoms with Crippen molar-refractivity contribution in [3.8, 4) is 17.0 Å². The molecule has 17 atom stereocenters. The Hall–Kier alpha value is -3.54. The summed E-state index contributed by atoms with van der Waals surface area (Å²) >= 11 is 0. The molecule has 2 aromatic rings. The van der Waals surface area contributed by atoms with Crippen LogP contribution < -0.4 is 10.1 Å². The van der Waals surface area contributed by atoms with Crippen LogP contribution in [-0.4, -0.2) is 130 Å². The highest BCUT2D eigenvalue weighted by atomic mass is 16.7. The minimum absolute atomic E-state index is 0.00568. The number of ether oxygens (including phenoxy) is 9. The zero-order chi connectivity index (χ0) is 45.2. The van der Waals surface area contributed by atoms with Crippen LogP contribution in [0.5, 0.6) is 5.75 Å². The molecule has 3 aliphatic heterocycles. The highest BCUT2D eigenvalue weighted by Crippen LogP contribution is 2.57. The second-order valence-corrected chi connectivity index (χ2v) is 18.8. The molecule has 3 aliphatic carbocycles. The molecule has 64 heavy (non-hydrogen) atoms. The zero-order valence-corrected chi connectivity index (χ0v) is 39.1. The van der Waals surface area contributed by atoms with Crippen LogP contribution in [0.1, 0.15) is 85.5 Å². The first-order chi connectivity index (χ1) is 31.0. The molecule has 8 rings (SSSR count). The lowest BCUT2D eigenvalue weighted by Gasteiger charge is -2.44. The van der Waals surface area contributed by atoms with E-state index in [9.17, 15) is 4.79 Å². The number of fused-ring (bicyclic) bond motifs is 5. The largest absolute Gasteiger partial charge is 0.497 e. The molecular weight excluding hydrogens is 821 g/mol. The Morgan fingerprint density at radius 1 is 0.828 bits per heavy atom. The highest BCUT2D eigenvalue weighted by molar-refractivity contribution is 5.99. The summed E-state index contributed by atoms with van der Waals surface area (Å²) in [5.41, 5.74) is 3.29. The second-order valence-electron chi connectivity index (χ2n) is 18.8. The average molecular weight is 891 g/mol. The van der Waals surface area contributed by atoms with Crippen LogP contribution in [0.3, 0.4) is 0 Å². The molecule has 4 fully saturated rings. The number of cyclic esters (lactones) is 1. The number of aromatic nitrogens is 3. The Balaban J connectivity index is 1.14. The van der Waals surface area contributed by atoms with Gasteiger partial charge in [-0.15, -0.1) is 5.10 Å². The molecule has 0 radical (unpaired) electrons. The van der Waals surface area contributed by atoms with Crippen LogP contribution in [0.4, 0.5) is 0 Å². The number of rotatable bonds is 12. The van der Waals surface area contributed by atoms with E-state index in [1.165, 1.54) is 0 Å². The standard InChI is InChI=1S/C49H70N4O11/c1-10-30-12-11-13-42(64-44-19-18-39(50-5)27(3)60-44)26(2)45(55)38-22-34-33-20-32(63-49-48(59-9)47(58-8)46(57-7)28(4)61-49)21-37(33)41(23-35(34)36(38)24-43(54)62-30)53-25-40(51-52-53)29-14-16-31(56-6)17-15-29/h14-17,22-23,25-28,30,32-37,39,42,44,46-50H,10-13,18-21,24H2,1-9H3/t26-,27?,28?,30+,32+,33+,34+,35-,36+,37-,39+,42+,44+,46?,47?,48?,49?/m1/s1. The fraction of sp³-hybridized carbons (Fsp3) is 0.714. The fourth-order valence-electron chi connectivity index (χ4n) is 11.7. The van der Waals surface area contributed by atoms with Gasteiger partial charge in [-0.05, 0) is 120 Å². The molecule has 352 valence electrons. The van der Waals surface area contributed by atoms with Gasteiger partial charge in [0, 0.05) is 56.4 Å². The molecule has 0 spiro atoms. The third kappa shape index (κ3) is 9.51. The van der Waals surface area contributed by atoms with Crippen molar-refractivity contribution in [2.45, 2.75) is 153 Å². The van der Waals surface area contributed by atoms with Gasteiger partial charge in [-0.1, -0.05) is 31.2 Å². The molecule has 0 bridgehead atoms. The molecule has 6 unspecified atom stereocenters. The summed E-state index contributed by atoms with van der Waals surface area (Å²) < 4.78 is 57.7. The van der Waals surface area contributed by atoms with E-state index in [0.717, 1.165) is 42.0 Å². The zero-order valence-electron chi connectivity index (χ0n) is 39.1. The first kappa shape index (κ1) is 47.0. The van der Waals surface area contributed by atoms with Gasteiger partial charge in [-0.25, -0.2) is 4.68 Å². The second kappa shape index (κ2) is 20.5. The van der Waals surface area contributed by atoms with Crippen LogP contribution in [0.15, 0.2) is 48.2 Å². The summed E-state index contributed by atoms with van der Waals surface area (Å²) in [6.07, 6.45) is 8.92.